The first-order valence-corrected chi connectivity index (χ1v) is 7.57. The largest absolute Gasteiger partial charge is 0.341 e. The molecule has 1 saturated heterocycles. The maximum absolute atomic E-state index is 12.0. The fourth-order valence-electron chi connectivity index (χ4n) is 3.05. The third-order valence-corrected chi connectivity index (χ3v) is 4.23. The lowest BCUT2D eigenvalue weighted by Gasteiger charge is -2.15. The minimum Gasteiger partial charge on any atom is -0.341 e. The molecule has 5 nitrogen and oxygen atoms in total. The molecule has 2 aliphatic rings. The number of amides is 2. The normalized spacial score (nSPS) is 20.5. The van der Waals surface area contributed by atoms with Gasteiger partial charge in [0.1, 0.15) is 0 Å². The number of carbonyl (C=O) groups is 2. The molecule has 1 fully saturated rings. The topological polar surface area (TPSA) is 75.4 Å². The van der Waals surface area contributed by atoms with E-state index in [2.05, 4.69) is 11.4 Å². The van der Waals surface area contributed by atoms with E-state index in [1.165, 1.54) is 5.56 Å². The van der Waals surface area contributed by atoms with Gasteiger partial charge in [-0.2, -0.15) is 0 Å². The highest BCUT2D eigenvalue weighted by Crippen LogP contribution is 2.24. The summed E-state index contributed by atoms with van der Waals surface area (Å²) in [6, 6.07) is 6.21. The molecule has 3 rings (SSSR count). The fraction of sp³-hybridized carbons (Fsp3) is 0.500. The zero-order valence-electron chi connectivity index (χ0n) is 12.1. The molecule has 2 aliphatic heterocycles. The summed E-state index contributed by atoms with van der Waals surface area (Å²) in [5.74, 6) is 0.267. The average molecular weight is 287 g/mol. The SMILES string of the molecule is N[C@@H]1CCN(C(=O)CCCc2ccc3c(c2)CC(=O)N3)C1. The van der Waals surface area contributed by atoms with E-state index in [1.807, 2.05) is 17.0 Å². The Labute approximate surface area is 124 Å². The van der Waals surface area contributed by atoms with Gasteiger partial charge in [-0.05, 0) is 36.5 Å². The number of anilines is 1. The molecule has 3 N–H and O–H groups in total. The molecule has 0 aliphatic carbocycles. The van der Waals surface area contributed by atoms with Crippen molar-refractivity contribution in [3.05, 3.63) is 29.3 Å². The van der Waals surface area contributed by atoms with Crippen LogP contribution >= 0.6 is 0 Å². The highest BCUT2D eigenvalue weighted by molar-refractivity contribution is 5.99. The molecule has 2 heterocycles. The number of hydrogen-bond acceptors (Lipinski definition) is 3. The third-order valence-electron chi connectivity index (χ3n) is 4.23. The number of fused-ring (bicyclic) bond motifs is 1. The fourth-order valence-corrected chi connectivity index (χ4v) is 3.05. The van der Waals surface area contributed by atoms with E-state index < -0.39 is 0 Å². The Morgan fingerprint density at radius 2 is 2.29 bits per heavy atom. The standard InChI is InChI=1S/C16H21N3O2/c17-13-6-7-19(10-13)16(21)3-1-2-11-4-5-14-12(8-11)9-15(20)18-14/h4-5,8,13H,1-3,6-7,9-10,17H2,(H,18,20)/t13-/m1/s1. The number of hydrogen-bond donors (Lipinski definition) is 2. The van der Waals surface area contributed by atoms with Crippen LogP contribution in [-0.4, -0.2) is 35.8 Å². The van der Waals surface area contributed by atoms with E-state index in [-0.39, 0.29) is 17.9 Å². The van der Waals surface area contributed by atoms with E-state index in [0.29, 0.717) is 19.4 Å². The van der Waals surface area contributed by atoms with Crippen molar-refractivity contribution in [2.75, 3.05) is 18.4 Å². The summed E-state index contributed by atoms with van der Waals surface area (Å²) in [5.41, 5.74) is 9.00. The summed E-state index contributed by atoms with van der Waals surface area (Å²) in [6.45, 7) is 1.50. The van der Waals surface area contributed by atoms with Gasteiger partial charge in [0.2, 0.25) is 11.8 Å². The molecule has 1 atom stereocenters. The number of nitrogens with two attached hydrogens (primary N) is 1. The van der Waals surface area contributed by atoms with Crippen molar-refractivity contribution in [2.45, 2.75) is 38.1 Å². The van der Waals surface area contributed by atoms with Gasteiger partial charge < -0.3 is 16.0 Å². The lowest BCUT2D eigenvalue weighted by molar-refractivity contribution is -0.130. The molecular weight excluding hydrogens is 266 g/mol. The van der Waals surface area contributed by atoms with Crippen LogP contribution in [0.25, 0.3) is 0 Å². The van der Waals surface area contributed by atoms with Crippen LogP contribution in [0.4, 0.5) is 5.69 Å². The molecular formula is C16H21N3O2. The Morgan fingerprint density at radius 3 is 3.05 bits per heavy atom. The molecule has 0 aromatic heterocycles. The summed E-state index contributed by atoms with van der Waals surface area (Å²) in [4.78, 5) is 25.2. The van der Waals surface area contributed by atoms with Gasteiger partial charge in [0, 0.05) is 31.2 Å². The quantitative estimate of drug-likeness (QED) is 0.869. The van der Waals surface area contributed by atoms with Crippen LogP contribution in [0.5, 0.6) is 0 Å². The molecule has 112 valence electrons. The van der Waals surface area contributed by atoms with Gasteiger partial charge in [-0.1, -0.05) is 12.1 Å². The molecule has 0 unspecified atom stereocenters. The number of nitrogens with zero attached hydrogens (tertiary/aromatic N) is 1. The molecule has 21 heavy (non-hydrogen) atoms. The van der Waals surface area contributed by atoms with Crippen molar-refractivity contribution < 1.29 is 9.59 Å². The second kappa shape index (κ2) is 5.85. The smallest absolute Gasteiger partial charge is 0.228 e. The van der Waals surface area contributed by atoms with E-state index in [9.17, 15) is 9.59 Å². The third kappa shape index (κ3) is 3.24. The van der Waals surface area contributed by atoms with Crippen molar-refractivity contribution in [1.29, 1.82) is 0 Å². The lowest BCUT2D eigenvalue weighted by Crippen LogP contribution is -2.31. The van der Waals surface area contributed by atoms with Crippen LogP contribution in [0, 0.1) is 0 Å². The minimum absolute atomic E-state index is 0.0581. The van der Waals surface area contributed by atoms with Crippen LogP contribution in [0.2, 0.25) is 0 Å². The first-order valence-electron chi connectivity index (χ1n) is 7.57. The molecule has 1 aromatic rings. The second-order valence-electron chi connectivity index (χ2n) is 5.96. The molecule has 0 spiro atoms. The molecule has 1 aromatic carbocycles. The van der Waals surface area contributed by atoms with Crippen molar-refractivity contribution in [3.8, 4) is 0 Å². The summed E-state index contributed by atoms with van der Waals surface area (Å²) < 4.78 is 0. The Bertz CT molecular complexity index is 571. The van der Waals surface area contributed by atoms with E-state index in [0.717, 1.165) is 37.1 Å². The van der Waals surface area contributed by atoms with Gasteiger partial charge in [-0.25, -0.2) is 0 Å². The van der Waals surface area contributed by atoms with Gasteiger partial charge in [-0.3, -0.25) is 9.59 Å². The summed E-state index contributed by atoms with van der Waals surface area (Å²) in [7, 11) is 0. The van der Waals surface area contributed by atoms with Crippen molar-refractivity contribution in [3.63, 3.8) is 0 Å². The highest BCUT2D eigenvalue weighted by Gasteiger charge is 2.23. The Morgan fingerprint density at radius 1 is 1.43 bits per heavy atom. The zero-order valence-corrected chi connectivity index (χ0v) is 12.1. The van der Waals surface area contributed by atoms with Gasteiger partial charge >= 0.3 is 0 Å². The monoisotopic (exact) mass is 287 g/mol. The number of rotatable bonds is 4. The number of nitrogens with one attached hydrogen (secondary N) is 1. The summed E-state index contributed by atoms with van der Waals surface area (Å²) >= 11 is 0. The van der Waals surface area contributed by atoms with Crippen molar-refractivity contribution in [2.24, 2.45) is 5.73 Å². The van der Waals surface area contributed by atoms with Crippen LogP contribution in [0.1, 0.15) is 30.4 Å². The minimum atomic E-state index is 0.0581. The number of likely N-dealkylation sites (tertiary alicyclic amines) is 1. The Hall–Kier alpha value is -1.88. The van der Waals surface area contributed by atoms with E-state index in [1.54, 1.807) is 0 Å². The second-order valence-corrected chi connectivity index (χ2v) is 5.96. The predicted molar refractivity (Wildman–Crippen MR) is 80.9 cm³/mol. The molecule has 0 bridgehead atoms. The predicted octanol–water partition coefficient (Wildman–Crippen LogP) is 1.06. The average Bonchev–Trinajstić information content (AvgIpc) is 3.03. The van der Waals surface area contributed by atoms with Crippen LogP contribution in [0.15, 0.2) is 18.2 Å². The maximum Gasteiger partial charge on any atom is 0.228 e. The molecule has 0 radical (unpaired) electrons. The summed E-state index contributed by atoms with van der Waals surface area (Å²) in [5, 5.41) is 2.83. The first-order chi connectivity index (χ1) is 10.1. The number of benzene rings is 1. The van der Waals surface area contributed by atoms with Gasteiger partial charge in [0.15, 0.2) is 0 Å². The van der Waals surface area contributed by atoms with Crippen molar-refractivity contribution >= 4 is 17.5 Å². The Balaban J connectivity index is 1.49. The lowest BCUT2D eigenvalue weighted by atomic mass is 10.0. The van der Waals surface area contributed by atoms with E-state index in [4.69, 9.17) is 5.73 Å². The highest BCUT2D eigenvalue weighted by atomic mass is 16.2. The Kier molecular flexibility index (Phi) is 3.92. The van der Waals surface area contributed by atoms with Crippen LogP contribution in [-0.2, 0) is 22.4 Å². The molecule has 5 heteroatoms. The van der Waals surface area contributed by atoms with Gasteiger partial charge in [-0.15, -0.1) is 0 Å². The van der Waals surface area contributed by atoms with Gasteiger partial charge in [0.25, 0.3) is 0 Å². The van der Waals surface area contributed by atoms with Crippen LogP contribution < -0.4 is 11.1 Å². The number of aryl methyl sites for hydroxylation is 1. The van der Waals surface area contributed by atoms with Gasteiger partial charge in [0.05, 0.1) is 6.42 Å². The first kappa shape index (κ1) is 14.1. The zero-order chi connectivity index (χ0) is 14.8. The molecule has 2 amide bonds. The van der Waals surface area contributed by atoms with Crippen LogP contribution in [0.3, 0.4) is 0 Å². The van der Waals surface area contributed by atoms with Crippen molar-refractivity contribution in [1.82, 2.24) is 4.90 Å². The molecule has 0 saturated carbocycles. The maximum atomic E-state index is 12.0. The summed E-state index contributed by atoms with van der Waals surface area (Å²) in [6.07, 6.45) is 3.66. The van der Waals surface area contributed by atoms with E-state index >= 15 is 0 Å². The number of carbonyl (C=O) groups excluding carboxylic acids is 2.